The van der Waals surface area contributed by atoms with E-state index in [-0.39, 0.29) is 6.03 Å². The maximum Gasteiger partial charge on any atom is 0.317 e. The van der Waals surface area contributed by atoms with Crippen molar-refractivity contribution >= 4 is 6.03 Å². The van der Waals surface area contributed by atoms with Gasteiger partial charge in [-0.05, 0) is 31.1 Å². The van der Waals surface area contributed by atoms with Crippen LogP contribution in [-0.2, 0) is 0 Å². The van der Waals surface area contributed by atoms with Gasteiger partial charge in [-0.25, -0.2) is 4.79 Å². The van der Waals surface area contributed by atoms with Crippen molar-refractivity contribution in [2.24, 2.45) is 11.8 Å². The Hall–Kier alpha value is -0.730. The molecule has 1 heterocycles. The highest BCUT2D eigenvalue weighted by atomic mass is 16.2. The topological polar surface area (TPSA) is 32.3 Å². The van der Waals surface area contributed by atoms with Crippen molar-refractivity contribution in [2.45, 2.75) is 26.2 Å². The minimum absolute atomic E-state index is 0.138. The van der Waals surface area contributed by atoms with Gasteiger partial charge in [-0.3, -0.25) is 0 Å². The molecule has 1 aliphatic heterocycles. The first-order chi connectivity index (χ1) is 6.27. The smallest absolute Gasteiger partial charge is 0.317 e. The fourth-order valence-electron chi connectivity index (χ4n) is 2.01. The van der Waals surface area contributed by atoms with Gasteiger partial charge in [0.05, 0.1) is 0 Å². The van der Waals surface area contributed by atoms with Crippen LogP contribution in [0.5, 0.6) is 0 Å². The van der Waals surface area contributed by atoms with Crippen LogP contribution in [-0.4, -0.2) is 30.6 Å². The second kappa shape index (κ2) is 3.56. The zero-order valence-corrected chi connectivity index (χ0v) is 8.25. The molecule has 0 bridgehead atoms. The summed E-state index contributed by atoms with van der Waals surface area (Å²) in [7, 11) is 0. The molecular weight excluding hydrogens is 164 g/mol. The average molecular weight is 182 g/mol. The number of carbonyl (C=O) groups is 1. The first kappa shape index (κ1) is 8.85. The first-order valence-electron chi connectivity index (χ1n) is 5.30. The predicted molar refractivity (Wildman–Crippen MR) is 51.5 cm³/mol. The number of carbonyl (C=O) groups excluding carboxylic acids is 1. The van der Waals surface area contributed by atoms with E-state index in [0.29, 0.717) is 5.92 Å². The quantitative estimate of drug-likeness (QED) is 0.704. The van der Waals surface area contributed by atoms with Crippen molar-refractivity contribution in [3.63, 3.8) is 0 Å². The normalized spacial score (nSPS) is 25.6. The molecule has 2 rings (SSSR count). The Morgan fingerprint density at radius 3 is 3.00 bits per heavy atom. The van der Waals surface area contributed by atoms with Crippen molar-refractivity contribution in [3.8, 4) is 0 Å². The van der Waals surface area contributed by atoms with Crippen LogP contribution in [0.15, 0.2) is 0 Å². The fourth-order valence-corrected chi connectivity index (χ4v) is 2.01. The Morgan fingerprint density at radius 1 is 1.62 bits per heavy atom. The second-order valence-electron chi connectivity index (χ2n) is 4.35. The number of rotatable bonds is 3. The van der Waals surface area contributed by atoms with Crippen LogP contribution >= 0.6 is 0 Å². The molecule has 1 atom stereocenters. The van der Waals surface area contributed by atoms with Crippen molar-refractivity contribution in [3.05, 3.63) is 0 Å². The van der Waals surface area contributed by atoms with Crippen LogP contribution in [0.3, 0.4) is 0 Å². The molecule has 3 heteroatoms. The van der Waals surface area contributed by atoms with Gasteiger partial charge in [0, 0.05) is 19.6 Å². The number of urea groups is 1. The summed E-state index contributed by atoms with van der Waals surface area (Å²) in [6.07, 6.45) is 3.84. The number of hydrogen-bond acceptors (Lipinski definition) is 1. The van der Waals surface area contributed by atoms with Gasteiger partial charge in [-0.1, -0.05) is 6.92 Å². The van der Waals surface area contributed by atoms with Crippen LogP contribution in [0.25, 0.3) is 0 Å². The summed E-state index contributed by atoms with van der Waals surface area (Å²) in [6, 6.07) is 0.138. The van der Waals surface area contributed by atoms with Gasteiger partial charge in [0.25, 0.3) is 0 Å². The highest BCUT2D eigenvalue weighted by Crippen LogP contribution is 2.36. The third-order valence-corrected chi connectivity index (χ3v) is 3.10. The van der Waals surface area contributed by atoms with E-state index in [9.17, 15) is 4.79 Å². The molecule has 1 unspecified atom stereocenters. The minimum Gasteiger partial charge on any atom is -0.338 e. The van der Waals surface area contributed by atoms with Gasteiger partial charge in [-0.15, -0.1) is 0 Å². The monoisotopic (exact) mass is 182 g/mol. The van der Waals surface area contributed by atoms with E-state index in [0.717, 1.165) is 32.0 Å². The molecule has 0 aromatic rings. The lowest BCUT2D eigenvalue weighted by Crippen LogP contribution is -2.48. The molecule has 1 aliphatic carbocycles. The second-order valence-corrected chi connectivity index (χ2v) is 4.35. The molecule has 2 amide bonds. The van der Waals surface area contributed by atoms with Crippen LogP contribution in [0.2, 0.25) is 0 Å². The molecule has 1 saturated heterocycles. The lowest BCUT2D eigenvalue weighted by molar-refractivity contribution is 0.174. The number of amides is 2. The van der Waals surface area contributed by atoms with Crippen molar-refractivity contribution in [1.82, 2.24) is 10.2 Å². The first-order valence-corrected chi connectivity index (χ1v) is 5.30. The van der Waals surface area contributed by atoms with Gasteiger partial charge in [0.15, 0.2) is 0 Å². The van der Waals surface area contributed by atoms with Crippen molar-refractivity contribution in [1.29, 1.82) is 0 Å². The van der Waals surface area contributed by atoms with Crippen LogP contribution in [0.4, 0.5) is 4.79 Å². The molecule has 2 aliphatic rings. The number of nitrogens with zero attached hydrogens (tertiary/aromatic N) is 1. The Labute approximate surface area is 79.5 Å². The van der Waals surface area contributed by atoms with E-state index >= 15 is 0 Å². The standard InChI is InChI=1S/C10H18N2O/c1-8(9-3-4-9)7-12-6-2-5-11-10(12)13/h8-9H,2-7H2,1H3,(H,11,13). The molecule has 0 aromatic heterocycles. The summed E-state index contributed by atoms with van der Waals surface area (Å²) in [5.74, 6) is 1.60. The van der Waals surface area contributed by atoms with E-state index in [1.54, 1.807) is 0 Å². The number of hydrogen-bond donors (Lipinski definition) is 1. The summed E-state index contributed by atoms with van der Waals surface area (Å²) < 4.78 is 0. The molecular formula is C10H18N2O. The highest BCUT2D eigenvalue weighted by molar-refractivity contribution is 5.74. The van der Waals surface area contributed by atoms with Crippen LogP contribution in [0.1, 0.15) is 26.2 Å². The summed E-state index contributed by atoms with van der Waals surface area (Å²) in [5, 5.41) is 2.88. The van der Waals surface area contributed by atoms with Crippen LogP contribution in [0, 0.1) is 11.8 Å². The van der Waals surface area contributed by atoms with E-state index < -0.39 is 0 Å². The summed E-state index contributed by atoms with van der Waals surface area (Å²) in [4.78, 5) is 13.4. The number of nitrogens with one attached hydrogen (secondary N) is 1. The van der Waals surface area contributed by atoms with E-state index in [4.69, 9.17) is 0 Å². The lowest BCUT2D eigenvalue weighted by Gasteiger charge is -2.29. The van der Waals surface area contributed by atoms with Gasteiger partial charge in [-0.2, -0.15) is 0 Å². The Balaban J connectivity index is 1.81. The Kier molecular flexibility index (Phi) is 2.42. The molecule has 1 N–H and O–H groups in total. The summed E-state index contributed by atoms with van der Waals surface area (Å²) in [6.45, 7) is 5.02. The van der Waals surface area contributed by atoms with E-state index in [1.807, 2.05) is 4.90 Å². The zero-order chi connectivity index (χ0) is 9.26. The van der Waals surface area contributed by atoms with Gasteiger partial charge in [0.2, 0.25) is 0 Å². The SMILES string of the molecule is CC(CN1CCCNC1=O)C1CC1. The molecule has 3 nitrogen and oxygen atoms in total. The third kappa shape index (κ3) is 2.14. The molecule has 0 aromatic carbocycles. The van der Waals surface area contributed by atoms with Gasteiger partial charge < -0.3 is 10.2 Å². The van der Waals surface area contributed by atoms with Crippen molar-refractivity contribution < 1.29 is 4.79 Å². The molecule has 0 radical (unpaired) electrons. The fraction of sp³-hybridized carbons (Fsp3) is 0.900. The largest absolute Gasteiger partial charge is 0.338 e. The lowest BCUT2D eigenvalue weighted by atomic mass is 10.1. The molecule has 13 heavy (non-hydrogen) atoms. The van der Waals surface area contributed by atoms with Crippen molar-refractivity contribution in [2.75, 3.05) is 19.6 Å². The minimum atomic E-state index is 0.138. The maximum absolute atomic E-state index is 11.4. The maximum atomic E-state index is 11.4. The summed E-state index contributed by atoms with van der Waals surface area (Å²) in [5.41, 5.74) is 0. The zero-order valence-electron chi connectivity index (χ0n) is 8.25. The highest BCUT2D eigenvalue weighted by Gasteiger charge is 2.30. The third-order valence-electron chi connectivity index (χ3n) is 3.10. The van der Waals surface area contributed by atoms with Gasteiger partial charge in [0.1, 0.15) is 0 Å². The Bertz CT molecular complexity index is 201. The molecule has 2 fully saturated rings. The molecule has 0 spiro atoms. The predicted octanol–water partition coefficient (Wildman–Crippen LogP) is 1.45. The molecule has 74 valence electrons. The van der Waals surface area contributed by atoms with E-state index in [1.165, 1.54) is 12.8 Å². The average Bonchev–Trinajstić information content (AvgIpc) is 2.91. The Morgan fingerprint density at radius 2 is 2.38 bits per heavy atom. The van der Waals surface area contributed by atoms with Gasteiger partial charge >= 0.3 is 6.03 Å². The van der Waals surface area contributed by atoms with E-state index in [2.05, 4.69) is 12.2 Å². The van der Waals surface area contributed by atoms with Crippen LogP contribution < -0.4 is 5.32 Å². The molecule has 1 saturated carbocycles. The summed E-state index contributed by atoms with van der Waals surface area (Å²) >= 11 is 0.